The molecule has 0 fully saturated rings. The number of aryl methyl sites for hydroxylation is 1. The van der Waals surface area contributed by atoms with Crippen LogP contribution in [0, 0.1) is 6.92 Å². The van der Waals surface area contributed by atoms with Crippen molar-refractivity contribution >= 4 is 12.1 Å². The lowest BCUT2D eigenvalue weighted by Gasteiger charge is -2.11. The molecule has 4 nitrogen and oxygen atoms in total. The highest BCUT2D eigenvalue weighted by Crippen LogP contribution is 2.11. The van der Waals surface area contributed by atoms with Gasteiger partial charge in [-0.05, 0) is 13.0 Å². The molecule has 12 heavy (non-hydrogen) atoms. The van der Waals surface area contributed by atoms with Gasteiger partial charge >= 0.3 is 0 Å². The number of anilines is 1. The largest absolute Gasteiger partial charge is 0.361 e. The summed E-state index contributed by atoms with van der Waals surface area (Å²) in [5.74, 6) is 0.607. The first-order chi connectivity index (χ1) is 5.65. The van der Waals surface area contributed by atoms with Gasteiger partial charge in [0.2, 0.25) is 0 Å². The first-order valence-corrected chi connectivity index (χ1v) is 3.62. The third-order valence-electron chi connectivity index (χ3n) is 1.48. The van der Waals surface area contributed by atoms with E-state index in [1.165, 1.54) is 0 Å². The van der Waals surface area contributed by atoms with Crippen LogP contribution in [0.1, 0.15) is 16.1 Å². The monoisotopic (exact) mass is 165 g/mol. The predicted molar refractivity (Wildman–Crippen MR) is 46.5 cm³/mol. The van der Waals surface area contributed by atoms with Gasteiger partial charge in [0.1, 0.15) is 0 Å². The number of hydrogen-bond donors (Lipinski definition) is 0. The van der Waals surface area contributed by atoms with Gasteiger partial charge in [0.15, 0.2) is 12.1 Å². The molecule has 64 valence electrons. The number of carbonyl (C=O) groups excluding carboxylic acids is 1. The molecule has 0 aromatic carbocycles. The smallest absolute Gasteiger partial charge is 0.161 e. The van der Waals surface area contributed by atoms with Crippen molar-refractivity contribution in [2.75, 3.05) is 19.0 Å². The van der Waals surface area contributed by atoms with Crippen LogP contribution >= 0.6 is 0 Å². The van der Waals surface area contributed by atoms with E-state index in [1.54, 1.807) is 17.9 Å². The predicted octanol–water partition coefficient (Wildman–Crippen LogP) is 0.664. The van der Waals surface area contributed by atoms with E-state index in [2.05, 4.69) is 10.2 Å². The first-order valence-electron chi connectivity index (χ1n) is 3.62. The number of nitrogens with zero attached hydrogens (tertiary/aromatic N) is 3. The maximum Gasteiger partial charge on any atom is 0.161 e. The fourth-order valence-electron chi connectivity index (χ4n) is 0.937. The minimum atomic E-state index is 0.576. The molecule has 0 aliphatic heterocycles. The topological polar surface area (TPSA) is 46.1 Å². The van der Waals surface area contributed by atoms with Gasteiger partial charge in [-0.25, -0.2) is 0 Å². The fourth-order valence-corrected chi connectivity index (χ4v) is 0.937. The van der Waals surface area contributed by atoms with E-state index in [9.17, 15) is 4.79 Å². The molecule has 1 aromatic rings. The zero-order chi connectivity index (χ0) is 9.14. The number of aldehydes is 1. The lowest BCUT2D eigenvalue weighted by Crippen LogP contribution is -2.14. The Morgan fingerprint density at radius 2 is 2.08 bits per heavy atom. The number of hydrogen-bond acceptors (Lipinski definition) is 4. The van der Waals surface area contributed by atoms with E-state index < -0.39 is 0 Å². The highest BCUT2D eigenvalue weighted by atomic mass is 16.1. The molecule has 0 bridgehead atoms. The molecule has 0 saturated carbocycles. The minimum Gasteiger partial charge on any atom is -0.361 e. The molecule has 0 unspecified atom stereocenters. The Morgan fingerprint density at radius 3 is 2.58 bits per heavy atom. The van der Waals surface area contributed by atoms with Crippen molar-refractivity contribution in [2.45, 2.75) is 6.92 Å². The van der Waals surface area contributed by atoms with E-state index in [0.29, 0.717) is 11.4 Å². The Balaban J connectivity index is 3.20. The van der Waals surface area contributed by atoms with Crippen LogP contribution in [0.15, 0.2) is 6.07 Å². The number of aromatic nitrogens is 2. The Hall–Kier alpha value is -1.45. The molecular weight excluding hydrogens is 154 g/mol. The van der Waals surface area contributed by atoms with Crippen LogP contribution in [0.2, 0.25) is 0 Å². The highest BCUT2D eigenvalue weighted by Gasteiger charge is 2.05. The maximum absolute atomic E-state index is 10.6. The van der Waals surface area contributed by atoms with Crippen molar-refractivity contribution in [2.24, 2.45) is 0 Å². The Bertz CT molecular complexity index is 296. The fraction of sp³-hybridized carbons (Fsp3) is 0.375. The van der Waals surface area contributed by atoms with Gasteiger partial charge in [-0.1, -0.05) is 0 Å². The van der Waals surface area contributed by atoms with E-state index in [0.717, 1.165) is 12.0 Å². The normalized spacial score (nSPS) is 9.58. The zero-order valence-corrected chi connectivity index (χ0v) is 7.40. The lowest BCUT2D eigenvalue weighted by atomic mass is 10.2. The first kappa shape index (κ1) is 8.64. The van der Waals surface area contributed by atoms with Crippen molar-refractivity contribution in [1.29, 1.82) is 0 Å². The summed E-state index contributed by atoms with van der Waals surface area (Å²) in [5.41, 5.74) is 1.33. The van der Waals surface area contributed by atoms with Crippen LogP contribution in [-0.4, -0.2) is 30.6 Å². The quantitative estimate of drug-likeness (QED) is 0.604. The summed E-state index contributed by atoms with van der Waals surface area (Å²) in [7, 11) is 3.65. The molecule has 0 N–H and O–H groups in total. The van der Waals surface area contributed by atoms with Crippen LogP contribution in [0.25, 0.3) is 0 Å². The van der Waals surface area contributed by atoms with E-state index >= 15 is 0 Å². The minimum absolute atomic E-state index is 0.576. The highest BCUT2D eigenvalue weighted by molar-refractivity contribution is 5.82. The van der Waals surface area contributed by atoms with Crippen molar-refractivity contribution < 1.29 is 4.79 Å². The van der Waals surface area contributed by atoms with Crippen LogP contribution in [0.4, 0.5) is 5.82 Å². The molecular formula is C8H11N3O. The molecule has 0 radical (unpaired) electrons. The second-order valence-electron chi connectivity index (χ2n) is 2.78. The molecule has 0 aliphatic rings. The summed E-state index contributed by atoms with van der Waals surface area (Å²) >= 11 is 0. The average Bonchev–Trinajstić information content (AvgIpc) is 2.03. The molecule has 0 saturated heterocycles. The summed E-state index contributed by atoms with van der Waals surface area (Å²) in [6.07, 6.45) is 0.789. The number of rotatable bonds is 2. The molecule has 1 aromatic heterocycles. The molecule has 1 rings (SSSR count). The molecule has 4 heteroatoms. The Morgan fingerprint density at radius 1 is 1.42 bits per heavy atom. The summed E-state index contributed by atoms with van der Waals surface area (Å²) in [6, 6.07) is 1.72. The third-order valence-corrected chi connectivity index (χ3v) is 1.48. The van der Waals surface area contributed by atoms with Crippen LogP contribution < -0.4 is 4.90 Å². The van der Waals surface area contributed by atoms with Crippen LogP contribution in [0.3, 0.4) is 0 Å². The van der Waals surface area contributed by atoms with E-state index in [4.69, 9.17) is 0 Å². The summed E-state index contributed by atoms with van der Waals surface area (Å²) in [5, 5.41) is 7.75. The van der Waals surface area contributed by atoms with Gasteiger partial charge in [-0.2, -0.15) is 5.10 Å². The van der Waals surface area contributed by atoms with Gasteiger partial charge < -0.3 is 4.90 Å². The zero-order valence-electron chi connectivity index (χ0n) is 7.40. The van der Waals surface area contributed by atoms with Gasteiger partial charge in [0, 0.05) is 14.1 Å². The summed E-state index contributed by atoms with van der Waals surface area (Å²) in [6.45, 7) is 1.80. The lowest BCUT2D eigenvalue weighted by molar-refractivity contribution is 0.112. The Kier molecular flexibility index (Phi) is 2.38. The van der Waals surface area contributed by atoms with Gasteiger partial charge in [0.25, 0.3) is 0 Å². The molecule has 0 spiro atoms. The van der Waals surface area contributed by atoms with Crippen molar-refractivity contribution in [1.82, 2.24) is 10.2 Å². The number of carbonyl (C=O) groups is 1. The van der Waals surface area contributed by atoms with E-state index in [1.807, 2.05) is 14.1 Å². The molecule has 1 heterocycles. The van der Waals surface area contributed by atoms with Crippen molar-refractivity contribution in [3.63, 3.8) is 0 Å². The second-order valence-corrected chi connectivity index (χ2v) is 2.78. The molecule has 0 atom stereocenters. The van der Waals surface area contributed by atoms with Gasteiger partial charge in [0.05, 0.1) is 11.3 Å². The molecule has 0 aliphatic carbocycles. The SMILES string of the molecule is Cc1cc(C=O)c(N(C)C)nn1. The Labute approximate surface area is 71.2 Å². The van der Waals surface area contributed by atoms with Crippen LogP contribution in [-0.2, 0) is 0 Å². The molecule has 0 amide bonds. The second kappa shape index (κ2) is 3.30. The standard InChI is InChI=1S/C8H11N3O/c1-6-4-7(5-12)8(10-9-6)11(2)3/h4-5H,1-3H3. The van der Waals surface area contributed by atoms with E-state index in [-0.39, 0.29) is 0 Å². The average molecular weight is 165 g/mol. The maximum atomic E-state index is 10.6. The summed E-state index contributed by atoms with van der Waals surface area (Å²) < 4.78 is 0. The third kappa shape index (κ3) is 1.58. The van der Waals surface area contributed by atoms with Gasteiger partial charge in [-0.3, -0.25) is 4.79 Å². The van der Waals surface area contributed by atoms with Crippen molar-refractivity contribution in [3.05, 3.63) is 17.3 Å². The van der Waals surface area contributed by atoms with Gasteiger partial charge in [-0.15, -0.1) is 5.10 Å². The van der Waals surface area contributed by atoms with Crippen molar-refractivity contribution in [3.8, 4) is 0 Å². The van der Waals surface area contributed by atoms with Crippen LogP contribution in [0.5, 0.6) is 0 Å². The summed E-state index contributed by atoms with van der Waals surface area (Å²) in [4.78, 5) is 12.3.